The van der Waals surface area contributed by atoms with Crippen molar-refractivity contribution in [1.29, 1.82) is 0 Å². The van der Waals surface area contributed by atoms with Gasteiger partial charge in [-0.1, -0.05) is 30.3 Å². The summed E-state index contributed by atoms with van der Waals surface area (Å²) in [5.41, 5.74) is 2.50. The molecule has 0 aliphatic rings. The lowest BCUT2D eigenvalue weighted by Crippen LogP contribution is -1.97. The second-order valence-corrected chi connectivity index (χ2v) is 3.86. The molecule has 1 aromatic carbocycles. The maximum absolute atomic E-state index is 4.17. The fourth-order valence-electron chi connectivity index (χ4n) is 1.95. The minimum Gasteiger partial charge on any atom is -0.342 e. The van der Waals surface area contributed by atoms with Crippen LogP contribution >= 0.6 is 12.4 Å². The van der Waals surface area contributed by atoms with E-state index in [0.29, 0.717) is 0 Å². The number of hydrogen-bond donors (Lipinski definition) is 0. The lowest BCUT2D eigenvalue weighted by molar-refractivity contribution is 0.835. The molecule has 3 aromatic rings. The Kier molecular flexibility index (Phi) is 3.45. The predicted octanol–water partition coefficient (Wildman–Crippen LogP) is 3.51. The van der Waals surface area contributed by atoms with Crippen molar-refractivity contribution in [1.82, 2.24) is 9.55 Å². The molecule has 3 heteroatoms. The Hall–Kier alpha value is -1.80. The molecular weight excluding hydrogens is 232 g/mol. The van der Waals surface area contributed by atoms with Crippen LogP contribution in [0.5, 0.6) is 0 Å². The predicted molar refractivity (Wildman–Crippen MR) is 72.5 cm³/mol. The Morgan fingerprint density at radius 1 is 1.00 bits per heavy atom. The third kappa shape index (κ3) is 2.32. The van der Waals surface area contributed by atoms with Crippen LogP contribution in [0.2, 0.25) is 0 Å². The van der Waals surface area contributed by atoms with Crippen molar-refractivity contribution in [3.63, 3.8) is 0 Å². The molecule has 2 heterocycles. The van der Waals surface area contributed by atoms with Gasteiger partial charge in [-0.25, -0.2) is 0 Å². The molecule has 0 aliphatic heterocycles. The molecule has 0 amide bonds. The summed E-state index contributed by atoms with van der Waals surface area (Å²) in [7, 11) is 0. The summed E-state index contributed by atoms with van der Waals surface area (Å²) in [6.45, 7) is 0.899. The van der Waals surface area contributed by atoms with Crippen LogP contribution in [0.4, 0.5) is 0 Å². The van der Waals surface area contributed by atoms with Crippen LogP contribution in [-0.4, -0.2) is 9.55 Å². The van der Waals surface area contributed by atoms with Gasteiger partial charge in [0.25, 0.3) is 0 Å². The van der Waals surface area contributed by atoms with Crippen LogP contribution in [0.25, 0.3) is 10.9 Å². The van der Waals surface area contributed by atoms with Gasteiger partial charge in [0.2, 0.25) is 0 Å². The summed E-state index contributed by atoms with van der Waals surface area (Å²) >= 11 is 0. The minimum absolute atomic E-state index is 0. The van der Waals surface area contributed by atoms with Gasteiger partial charge in [0.05, 0.1) is 11.7 Å². The van der Waals surface area contributed by atoms with Crippen molar-refractivity contribution in [2.24, 2.45) is 0 Å². The minimum atomic E-state index is 0. The van der Waals surface area contributed by atoms with Crippen LogP contribution in [0.3, 0.4) is 0 Å². The number of nitrogens with zero attached hydrogens (tertiary/aromatic N) is 2. The first kappa shape index (κ1) is 11.7. The smallest absolute Gasteiger partial charge is 0.0669 e. The molecule has 0 bridgehead atoms. The molecule has 2 nitrogen and oxygen atoms in total. The van der Waals surface area contributed by atoms with Gasteiger partial charge in [-0.3, -0.25) is 4.98 Å². The Morgan fingerprint density at radius 2 is 1.82 bits per heavy atom. The van der Waals surface area contributed by atoms with Crippen LogP contribution < -0.4 is 0 Å². The summed E-state index contributed by atoms with van der Waals surface area (Å²) in [6.07, 6.45) is 5.85. The van der Waals surface area contributed by atoms with Crippen LogP contribution in [0.1, 0.15) is 5.56 Å². The van der Waals surface area contributed by atoms with Gasteiger partial charge in [0, 0.05) is 24.3 Å². The normalized spacial score (nSPS) is 10.1. The van der Waals surface area contributed by atoms with Gasteiger partial charge in [0.15, 0.2) is 0 Å². The third-order valence-electron chi connectivity index (χ3n) is 2.77. The maximum Gasteiger partial charge on any atom is 0.0669 e. The lowest BCUT2D eigenvalue weighted by Gasteiger charge is -2.04. The van der Waals surface area contributed by atoms with E-state index in [2.05, 4.69) is 46.1 Å². The van der Waals surface area contributed by atoms with Crippen LogP contribution in [-0.2, 0) is 6.54 Å². The standard InChI is InChI=1S/C14H12N2.ClH/c1-2-4-12(5-3-1)11-16-9-7-13-6-8-15-10-14(13)16;/h1-10H,11H2;1H. The van der Waals surface area contributed by atoms with Crippen molar-refractivity contribution < 1.29 is 0 Å². The Balaban J connectivity index is 0.00000108. The highest BCUT2D eigenvalue weighted by atomic mass is 35.5. The second-order valence-electron chi connectivity index (χ2n) is 3.86. The lowest BCUT2D eigenvalue weighted by atomic mass is 10.2. The average molecular weight is 245 g/mol. The number of pyridine rings is 1. The van der Waals surface area contributed by atoms with Crippen LogP contribution in [0, 0.1) is 0 Å². The number of fused-ring (bicyclic) bond motifs is 1. The van der Waals surface area contributed by atoms with E-state index in [9.17, 15) is 0 Å². The van der Waals surface area contributed by atoms with Gasteiger partial charge in [-0.15, -0.1) is 12.4 Å². The highest BCUT2D eigenvalue weighted by molar-refractivity contribution is 5.85. The van der Waals surface area contributed by atoms with Crippen molar-refractivity contribution in [2.75, 3.05) is 0 Å². The molecule has 86 valence electrons. The number of benzene rings is 1. The van der Waals surface area contributed by atoms with Crippen LogP contribution in [0.15, 0.2) is 61.1 Å². The third-order valence-corrected chi connectivity index (χ3v) is 2.77. The van der Waals surface area contributed by atoms with Crippen molar-refractivity contribution in [2.45, 2.75) is 6.54 Å². The molecule has 17 heavy (non-hydrogen) atoms. The molecule has 3 rings (SSSR count). The maximum atomic E-state index is 4.17. The molecule has 0 saturated carbocycles. The number of hydrogen-bond acceptors (Lipinski definition) is 1. The molecule has 0 saturated heterocycles. The van der Waals surface area contributed by atoms with E-state index in [-0.39, 0.29) is 12.4 Å². The van der Waals surface area contributed by atoms with Gasteiger partial charge < -0.3 is 4.57 Å². The average Bonchev–Trinajstić information content (AvgIpc) is 2.74. The number of rotatable bonds is 2. The zero-order chi connectivity index (χ0) is 10.8. The summed E-state index contributed by atoms with van der Waals surface area (Å²) in [5.74, 6) is 0. The quantitative estimate of drug-likeness (QED) is 0.675. The Morgan fingerprint density at radius 3 is 2.65 bits per heavy atom. The molecule has 0 spiro atoms. The topological polar surface area (TPSA) is 17.8 Å². The first-order valence-corrected chi connectivity index (χ1v) is 5.36. The van der Waals surface area contributed by atoms with Gasteiger partial charge >= 0.3 is 0 Å². The molecule has 0 radical (unpaired) electrons. The zero-order valence-electron chi connectivity index (χ0n) is 9.28. The molecule has 0 atom stereocenters. The van der Waals surface area contributed by atoms with Gasteiger partial charge in [0.1, 0.15) is 0 Å². The SMILES string of the molecule is Cl.c1ccc(Cn2ccc3ccncc32)cc1. The largest absolute Gasteiger partial charge is 0.342 e. The van der Waals surface area contributed by atoms with E-state index < -0.39 is 0 Å². The number of halogens is 1. The summed E-state index contributed by atoms with van der Waals surface area (Å²) in [6, 6.07) is 14.6. The van der Waals surface area contributed by atoms with Crippen molar-refractivity contribution in [3.05, 3.63) is 66.6 Å². The molecule has 0 aliphatic carbocycles. The van der Waals surface area contributed by atoms with E-state index in [1.165, 1.54) is 16.5 Å². The first-order valence-electron chi connectivity index (χ1n) is 5.36. The van der Waals surface area contributed by atoms with E-state index in [0.717, 1.165) is 6.54 Å². The fraction of sp³-hybridized carbons (Fsp3) is 0.0714. The van der Waals surface area contributed by atoms with E-state index in [1.54, 1.807) is 0 Å². The highest BCUT2D eigenvalue weighted by Gasteiger charge is 2.00. The number of aromatic nitrogens is 2. The molecule has 2 aromatic heterocycles. The summed E-state index contributed by atoms with van der Waals surface area (Å²) < 4.78 is 2.22. The molecule has 0 unspecified atom stereocenters. The monoisotopic (exact) mass is 244 g/mol. The summed E-state index contributed by atoms with van der Waals surface area (Å²) in [4.78, 5) is 4.17. The molecule has 0 N–H and O–H groups in total. The molecular formula is C14H13ClN2. The highest BCUT2D eigenvalue weighted by Crippen LogP contribution is 2.15. The van der Waals surface area contributed by atoms with E-state index in [4.69, 9.17) is 0 Å². The Bertz CT molecular complexity index is 602. The van der Waals surface area contributed by atoms with Gasteiger partial charge in [-0.05, 0) is 17.7 Å². The summed E-state index contributed by atoms with van der Waals surface area (Å²) in [5, 5.41) is 1.24. The first-order chi connectivity index (χ1) is 7.93. The van der Waals surface area contributed by atoms with E-state index in [1.807, 2.05) is 24.5 Å². The van der Waals surface area contributed by atoms with Crippen molar-refractivity contribution >= 4 is 23.3 Å². The van der Waals surface area contributed by atoms with E-state index >= 15 is 0 Å². The van der Waals surface area contributed by atoms with Crippen molar-refractivity contribution in [3.8, 4) is 0 Å². The zero-order valence-corrected chi connectivity index (χ0v) is 10.1. The Labute approximate surface area is 106 Å². The second kappa shape index (κ2) is 5.02. The fourth-order valence-corrected chi connectivity index (χ4v) is 1.95. The molecule has 0 fully saturated rings. The van der Waals surface area contributed by atoms with Gasteiger partial charge in [-0.2, -0.15) is 0 Å².